The van der Waals surface area contributed by atoms with Crippen LogP contribution in [-0.2, 0) is 4.74 Å². The van der Waals surface area contributed by atoms with Crippen molar-refractivity contribution in [1.82, 2.24) is 14.8 Å². The molecular weight excluding hydrogens is 454 g/mol. The van der Waals surface area contributed by atoms with Gasteiger partial charge in [0.1, 0.15) is 23.2 Å². The van der Waals surface area contributed by atoms with E-state index in [9.17, 15) is 18.7 Å². The largest absolute Gasteiger partial charge is 0.508 e. The van der Waals surface area contributed by atoms with E-state index < -0.39 is 11.6 Å². The molecule has 1 aromatic carbocycles. The minimum atomic E-state index is -0.607. The van der Waals surface area contributed by atoms with Crippen LogP contribution >= 0.6 is 0 Å². The fraction of sp³-hybridized carbons (Fsp3) is 0.538. The first-order chi connectivity index (χ1) is 16.9. The van der Waals surface area contributed by atoms with Gasteiger partial charge in [-0.1, -0.05) is 0 Å². The highest BCUT2D eigenvalue weighted by Crippen LogP contribution is 2.48. The molecule has 1 aliphatic carbocycles. The number of phenols is 1. The van der Waals surface area contributed by atoms with Crippen molar-refractivity contribution >= 4 is 11.9 Å². The summed E-state index contributed by atoms with van der Waals surface area (Å²) < 4.78 is 33.7. The van der Waals surface area contributed by atoms with Crippen molar-refractivity contribution in [1.29, 1.82) is 0 Å². The van der Waals surface area contributed by atoms with Gasteiger partial charge < -0.3 is 19.6 Å². The van der Waals surface area contributed by atoms with E-state index in [0.717, 1.165) is 64.7 Å². The van der Waals surface area contributed by atoms with Crippen LogP contribution in [0.4, 0.5) is 19.4 Å². The van der Waals surface area contributed by atoms with Gasteiger partial charge in [-0.05, 0) is 50.3 Å². The van der Waals surface area contributed by atoms with Crippen molar-refractivity contribution in [2.45, 2.75) is 26.2 Å². The second kappa shape index (κ2) is 9.60. The van der Waals surface area contributed by atoms with E-state index in [1.807, 2.05) is 11.8 Å². The molecule has 3 fully saturated rings. The minimum Gasteiger partial charge on any atom is -0.508 e. The van der Waals surface area contributed by atoms with Gasteiger partial charge in [-0.2, -0.15) is 0 Å². The number of anilines is 1. The molecule has 1 spiro atoms. The molecule has 2 aromatic rings. The summed E-state index contributed by atoms with van der Waals surface area (Å²) in [5.74, 6) is -0.122. The van der Waals surface area contributed by atoms with Crippen molar-refractivity contribution in [3.8, 4) is 16.9 Å². The second-order valence-corrected chi connectivity index (χ2v) is 10.1. The molecule has 9 heteroatoms. The van der Waals surface area contributed by atoms with Crippen molar-refractivity contribution in [2.75, 3.05) is 57.3 Å². The molecule has 1 saturated carbocycles. The van der Waals surface area contributed by atoms with Gasteiger partial charge in [-0.25, -0.2) is 18.6 Å². The Morgan fingerprint density at radius 2 is 1.94 bits per heavy atom. The number of hydrogen-bond donors (Lipinski definition) is 1. The van der Waals surface area contributed by atoms with E-state index in [2.05, 4.69) is 14.8 Å². The van der Waals surface area contributed by atoms with Gasteiger partial charge in [0.2, 0.25) is 0 Å². The number of carbonyl (C=O) groups is 1. The van der Waals surface area contributed by atoms with Crippen LogP contribution < -0.4 is 4.90 Å². The third-order valence-electron chi connectivity index (χ3n) is 7.65. The summed E-state index contributed by atoms with van der Waals surface area (Å²) >= 11 is 0. The standard InChI is InChI=1S/C26H32F2N4O3/c1-2-35-25(34)32-16-26(17-32)6-5-18(13-26)15-30-7-9-31(10-8-30)24-22(11-19(27)14-29-24)21-4-3-20(33)12-23(21)28/h3-4,11-12,14,18,33H,2,5-10,13,15-17H2,1H3/t18-/m1/s1. The van der Waals surface area contributed by atoms with E-state index >= 15 is 0 Å². The summed E-state index contributed by atoms with van der Waals surface area (Å²) in [6, 6.07) is 5.19. The Morgan fingerprint density at radius 1 is 1.17 bits per heavy atom. The topological polar surface area (TPSA) is 69.1 Å². The third kappa shape index (κ3) is 4.91. The lowest BCUT2D eigenvalue weighted by atomic mass is 9.78. The average Bonchev–Trinajstić information content (AvgIpc) is 3.23. The van der Waals surface area contributed by atoms with Crippen LogP contribution in [0, 0.1) is 23.0 Å². The van der Waals surface area contributed by atoms with Crippen LogP contribution in [0.1, 0.15) is 26.2 Å². The van der Waals surface area contributed by atoms with Gasteiger partial charge in [0.25, 0.3) is 0 Å². The van der Waals surface area contributed by atoms with E-state index in [-0.39, 0.29) is 22.8 Å². The molecule has 0 bridgehead atoms. The van der Waals surface area contributed by atoms with E-state index in [0.29, 0.717) is 23.9 Å². The quantitative estimate of drug-likeness (QED) is 0.686. The number of ether oxygens (including phenoxy) is 1. The molecule has 2 aliphatic heterocycles. The molecule has 1 amide bonds. The number of halogens is 2. The number of aromatic nitrogens is 1. The molecule has 7 nitrogen and oxygen atoms in total. The molecule has 1 aromatic heterocycles. The first kappa shape index (κ1) is 23.8. The maximum Gasteiger partial charge on any atom is 0.409 e. The van der Waals surface area contributed by atoms with E-state index in [1.165, 1.54) is 30.8 Å². The highest BCUT2D eigenvalue weighted by molar-refractivity contribution is 5.76. The molecule has 0 radical (unpaired) electrons. The van der Waals surface area contributed by atoms with Crippen LogP contribution in [0.2, 0.25) is 0 Å². The van der Waals surface area contributed by atoms with Crippen molar-refractivity contribution < 1.29 is 23.4 Å². The van der Waals surface area contributed by atoms with Gasteiger partial charge in [0, 0.05) is 68.4 Å². The number of rotatable bonds is 5. The lowest BCUT2D eigenvalue weighted by molar-refractivity contribution is -0.00128. The third-order valence-corrected chi connectivity index (χ3v) is 7.65. The Labute approximate surface area is 204 Å². The number of piperazine rings is 1. The van der Waals surface area contributed by atoms with Crippen molar-refractivity contribution in [3.05, 3.63) is 42.1 Å². The number of aromatic hydroxyl groups is 1. The number of amides is 1. The Morgan fingerprint density at radius 3 is 2.66 bits per heavy atom. The number of pyridine rings is 1. The summed E-state index contributed by atoms with van der Waals surface area (Å²) in [6.07, 6.45) is 4.46. The monoisotopic (exact) mass is 486 g/mol. The zero-order chi connectivity index (χ0) is 24.6. The highest BCUT2D eigenvalue weighted by atomic mass is 19.1. The Balaban J connectivity index is 1.17. The second-order valence-electron chi connectivity index (χ2n) is 10.1. The van der Waals surface area contributed by atoms with Gasteiger partial charge in [0.15, 0.2) is 0 Å². The number of phenolic OH excluding ortho intramolecular Hbond substituents is 1. The lowest BCUT2D eigenvalue weighted by Gasteiger charge is -2.47. The fourth-order valence-corrected chi connectivity index (χ4v) is 5.99. The molecule has 2 saturated heterocycles. The first-order valence-corrected chi connectivity index (χ1v) is 12.4. The maximum atomic E-state index is 14.5. The molecule has 35 heavy (non-hydrogen) atoms. The SMILES string of the molecule is CCOC(=O)N1CC2(CC[C@@H](CN3CCN(c4ncc(F)cc4-c4ccc(O)cc4F)CC3)C2)C1. The highest BCUT2D eigenvalue weighted by Gasteiger charge is 2.50. The number of benzene rings is 1. The van der Waals surface area contributed by atoms with Gasteiger partial charge in [0.05, 0.1) is 12.8 Å². The summed E-state index contributed by atoms with van der Waals surface area (Å²) in [6.45, 7) is 8.05. The first-order valence-electron chi connectivity index (χ1n) is 12.4. The molecule has 5 rings (SSSR count). The molecule has 0 unspecified atom stereocenters. The normalized spacial score (nSPS) is 21.9. The summed E-state index contributed by atoms with van der Waals surface area (Å²) in [4.78, 5) is 22.6. The van der Waals surface area contributed by atoms with Crippen LogP contribution in [-0.4, -0.2) is 78.4 Å². The minimum absolute atomic E-state index is 0.171. The van der Waals surface area contributed by atoms with Crippen molar-refractivity contribution in [2.24, 2.45) is 11.3 Å². The van der Waals surface area contributed by atoms with Crippen LogP contribution in [0.15, 0.2) is 30.5 Å². The fourth-order valence-electron chi connectivity index (χ4n) is 5.99. The predicted molar refractivity (Wildman–Crippen MR) is 128 cm³/mol. The zero-order valence-corrected chi connectivity index (χ0v) is 20.1. The van der Waals surface area contributed by atoms with Gasteiger partial charge in [-0.3, -0.25) is 4.90 Å². The zero-order valence-electron chi connectivity index (χ0n) is 20.1. The Bertz CT molecular complexity index is 1080. The summed E-state index contributed by atoms with van der Waals surface area (Å²) in [7, 11) is 0. The molecular formula is C26H32F2N4O3. The van der Waals surface area contributed by atoms with Crippen LogP contribution in [0.3, 0.4) is 0 Å². The number of nitrogens with zero attached hydrogens (tertiary/aromatic N) is 4. The van der Waals surface area contributed by atoms with E-state index in [4.69, 9.17) is 4.74 Å². The molecule has 188 valence electrons. The molecule has 1 N–H and O–H groups in total. The average molecular weight is 487 g/mol. The van der Waals surface area contributed by atoms with Crippen molar-refractivity contribution in [3.63, 3.8) is 0 Å². The van der Waals surface area contributed by atoms with Gasteiger partial charge in [-0.15, -0.1) is 0 Å². The number of likely N-dealkylation sites (tertiary alicyclic amines) is 1. The smallest absolute Gasteiger partial charge is 0.409 e. The van der Waals surface area contributed by atoms with Crippen LogP contribution in [0.25, 0.3) is 11.1 Å². The predicted octanol–water partition coefficient (Wildman–Crippen LogP) is 4.11. The van der Waals surface area contributed by atoms with E-state index in [1.54, 1.807) is 0 Å². The molecule has 1 atom stereocenters. The lowest BCUT2D eigenvalue weighted by Crippen LogP contribution is -2.57. The maximum absolute atomic E-state index is 14.5. The summed E-state index contributed by atoms with van der Waals surface area (Å²) in [5, 5.41) is 9.55. The Kier molecular flexibility index (Phi) is 6.53. The van der Waals surface area contributed by atoms with Gasteiger partial charge >= 0.3 is 6.09 Å². The summed E-state index contributed by atoms with van der Waals surface area (Å²) in [5.41, 5.74) is 0.881. The molecule has 3 aliphatic rings. The number of carbonyl (C=O) groups excluding carboxylic acids is 1. The van der Waals surface area contributed by atoms with Crippen LogP contribution in [0.5, 0.6) is 5.75 Å². The number of hydrogen-bond acceptors (Lipinski definition) is 6. The molecule has 3 heterocycles. The Hall–Kier alpha value is -2.94.